The molecule has 2 N–H and O–H groups in total. The van der Waals surface area contributed by atoms with Crippen LogP contribution in [0.1, 0.15) is 31.2 Å². The zero-order valence-corrected chi connectivity index (χ0v) is 8.62. The van der Waals surface area contributed by atoms with Crippen LogP contribution in [0.5, 0.6) is 0 Å². The van der Waals surface area contributed by atoms with Crippen molar-refractivity contribution in [2.75, 3.05) is 0 Å². The highest BCUT2D eigenvalue weighted by molar-refractivity contribution is 5.75. The fraction of sp³-hybridized carbons (Fsp3) is 0.455. The van der Waals surface area contributed by atoms with E-state index in [-0.39, 0.29) is 5.91 Å². The first-order valence-electron chi connectivity index (χ1n) is 5.00. The van der Waals surface area contributed by atoms with Crippen molar-refractivity contribution < 1.29 is 4.79 Å². The second kappa shape index (κ2) is 6.66. The molecule has 0 bridgehead atoms. The molecule has 1 amide bonds. The fourth-order valence-corrected chi connectivity index (χ4v) is 1.18. The lowest BCUT2D eigenvalue weighted by Crippen LogP contribution is -2.21. The third-order valence-electron chi connectivity index (χ3n) is 2.02. The van der Waals surface area contributed by atoms with E-state index in [9.17, 15) is 4.79 Å². The summed E-state index contributed by atoms with van der Waals surface area (Å²) in [4.78, 5) is 11.3. The fourth-order valence-electron chi connectivity index (χ4n) is 1.18. The van der Waals surface area contributed by atoms with Crippen LogP contribution in [0.3, 0.4) is 0 Å². The highest BCUT2D eigenvalue weighted by Gasteiger charge is 2.00. The Bertz CT molecular complexity index is 324. The van der Waals surface area contributed by atoms with E-state index in [0.717, 1.165) is 24.8 Å². The van der Waals surface area contributed by atoms with Gasteiger partial charge in [0.05, 0.1) is 6.20 Å². The van der Waals surface area contributed by atoms with Crippen LogP contribution < -0.4 is 5.32 Å². The van der Waals surface area contributed by atoms with Gasteiger partial charge >= 0.3 is 0 Å². The molecule has 80 valence electrons. The molecule has 0 radical (unpaired) electrons. The Labute approximate surface area is 89.5 Å². The van der Waals surface area contributed by atoms with Crippen molar-refractivity contribution in [2.45, 2.75) is 32.2 Å². The normalized spacial score (nSPS) is 9.53. The Kier molecular flexibility index (Phi) is 5.02. The molecule has 0 unspecified atom stereocenters. The van der Waals surface area contributed by atoms with Gasteiger partial charge in [0.15, 0.2) is 0 Å². The molecule has 0 saturated carbocycles. The van der Waals surface area contributed by atoms with Crippen molar-refractivity contribution >= 4 is 5.91 Å². The summed E-state index contributed by atoms with van der Waals surface area (Å²) in [6.45, 7) is 0.532. The van der Waals surface area contributed by atoms with Crippen LogP contribution in [0.2, 0.25) is 0 Å². The molecule has 0 atom stereocenters. The zero-order valence-electron chi connectivity index (χ0n) is 8.62. The predicted molar refractivity (Wildman–Crippen MR) is 57.7 cm³/mol. The van der Waals surface area contributed by atoms with Crippen molar-refractivity contribution in [1.82, 2.24) is 15.5 Å². The monoisotopic (exact) mass is 205 g/mol. The third kappa shape index (κ3) is 4.87. The number of carbonyl (C=O) groups is 1. The Morgan fingerprint density at radius 2 is 2.47 bits per heavy atom. The number of aromatic amines is 1. The van der Waals surface area contributed by atoms with Gasteiger partial charge in [-0.15, -0.1) is 12.3 Å². The third-order valence-corrected chi connectivity index (χ3v) is 2.02. The van der Waals surface area contributed by atoms with E-state index < -0.39 is 0 Å². The SMILES string of the molecule is C#CCCCCC(=O)NCc1cn[nH]c1. The van der Waals surface area contributed by atoms with Gasteiger partial charge in [0, 0.05) is 31.1 Å². The summed E-state index contributed by atoms with van der Waals surface area (Å²) < 4.78 is 0. The highest BCUT2D eigenvalue weighted by Crippen LogP contribution is 1.99. The van der Waals surface area contributed by atoms with Gasteiger partial charge in [0.25, 0.3) is 0 Å². The van der Waals surface area contributed by atoms with E-state index in [1.165, 1.54) is 0 Å². The molecule has 1 aromatic heterocycles. The maximum Gasteiger partial charge on any atom is 0.220 e. The van der Waals surface area contributed by atoms with Gasteiger partial charge in [-0.05, 0) is 12.8 Å². The van der Waals surface area contributed by atoms with E-state index in [0.29, 0.717) is 13.0 Å². The predicted octanol–water partition coefficient (Wildman–Crippen LogP) is 1.22. The Morgan fingerprint density at radius 1 is 1.60 bits per heavy atom. The van der Waals surface area contributed by atoms with Gasteiger partial charge in [-0.3, -0.25) is 9.89 Å². The smallest absolute Gasteiger partial charge is 0.220 e. The van der Waals surface area contributed by atoms with Crippen LogP contribution >= 0.6 is 0 Å². The number of carbonyl (C=O) groups excluding carboxylic acids is 1. The van der Waals surface area contributed by atoms with E-state index in [4.69, 9.17) is 6.42 Å². The molecular formula is C11H15N3O. The molecule has 0 fully saturated rings. The summed E-state index contributed by atoms with van der Waals surface area (Å²) in [5.74, 6) is 2.61. The Morgan fingerprint density at radius 3 is 3.13 bits per heavy atom. The molecule has 4 heteroatoms. The van der Waals surface area contributed by atoms with E-state index in [1.54, 1.807) is 12.4 Å². The lowest BCUT2D eigenvalue weighted by atomic mass is 10.2. The minimum absolute atomic E-state index is 0.0632. The number of aromatic nitrogens is 2. The zero-order chi connectivity index (χ0) is 10.9. The minimum atomic E-state index is 0.0632. The summed E-state index contributed by atoms with van der Waals surface area (Å²) in [6.07, 6.45) is 11.6. The first-order valence-corrected chi connectivity index (χ1v) is 5.00. The number of nitrogens with one attached hydrogen (secondary N) is 2. The summed E-state index contributed by atoms with van der Waals surface area (Å²) in [7, 11) is 0. The van der Waals surface area contributed by atoms with Crippen molar-refractivity contribution in [1.29, 1.82) is 0 Å². The quantitative estimate of drug-likeness (QED) is 0.542. The largest absolute Gasteiger partial charge is 0.352 e. The van der Waals surface area contributed by atoms with Crippen LogP contribution in [0.25, 0.3) is 0 Å². The Balaban J connectivity index is 2.07. The molecule has 0 spiro atoms. The molecule has 0 aliphatic rings. The van der Waals surface area contributed by atoms with Gasteiger partial charge in [0.1, 0.15) is 0 Å². The van der Waals surface area contributed by atoms with E-state index >= 15 is 0 Å². The highest BCUT2D eigenvalue weighted by atomic mass is 16.1. The molecule has 4 nitrogen and oxygen atoms in total. The number of hydrogen-bond donors (Lipinski definition) is 2. The van der Waals surface area contributed by atoms with E-state index in [1.807, 2.05) is 0 Å². The number of rotatable bonds is 6. The van der Waals surface area contributed by atoms with Gasteiger partial charge in [-0.1, -0.05) is 0 Å². The Hall–Kier alpha value is -1.76. The van der Waals surface area contributed by atoms with Crippen LogP contribution in [0.4, 0.5) is 0 Å². The van der Waals surface area contributed by atoms with E-state index in [2.05, 4.69) is 21.4 Å². The van der Waals surface area contributed by atoms with Crippen molar-refractivity contribution in [3.05, 3.63) is 18.0 Å². The lowest BCUT2D eigenvalue weighted by molar-refractivity contribution is -0.121. The van der Waals surface area contributed by atoms with Gasteiger partial charge in [-0.2, -0.15) is 5.10 Å². The molecule has 0 aliphatic heterocycles. The first kappa shape index (κ1) is 11.3. The van der Waals surface area contributed by atoms with Crippen molar-refractivity contribution in [3.63, 3.8) is 0 Å². The number of unbranched alkanes of at least 4 members (excludes halogenated alkanes) is 2. The maximum absolute atomic E-state index is 11.3. The summed E-state index contributed by atoms with van der Waals surface area (Å²) >= 11 is 0. The standard InChI is InChI=1S/C11H15N3O/c1-2-3-4-5-6-11(15)12-7-10-8-13-14-9-10/h1,8-9H,3-7H2,(H,12,15)(H,13,14). The van der Waals surface area contributed by atoms with Crippen molar-refractivity contribution in [3.8, 4) is 12.3 Å². The second-order valence-electron chi connectivity index (χ2n) is 3.29. The number of amides is 1. The van der Waals surface area contributed by atoms with Crippen molar-refractivity contribution in [2.24, 2.45) is 0 Å². The number of terminal acetylenes is 1. The average molecular weight is 205 g/mol. The van der Waals surface area contributed by atoms with Crippen LogP contribution in [-0.4, -0.2) is 16.1 Å². The molecule has 1 heterocycles. The number of H-pyrrole nitrogens is 1. The van der Waals surface area contributed by atoms with Gasteiger partial charge in [-0.25, -0.2) is 0 Å². The van der Waals surface area contributed by atoms with Crippen LogP contribution in [0.15, 0.2) is 12.4 Å². The molecular weight excluding hydrogens is 190 g/mol. The average Bonchev–Trinajstić information content (AvgIpc) is 2.74. The minimum Gasteiger partial charge on any atom is -0.352 e. The molecule has 15 heavy (non-hydrogen) atoms. The van der Waals surface area contributed by atoms with Gasteiger partial charge in [0.2, 0.25) is 5.91 Å². The first-order chi connectivity index (χ1) is 7.33. The molecule has 1 aromatic rings. The molecule has 0 aromatic carbocycles. The summed E-state index contributed by atoms with van der Waals surface area (Å²) in [6, 6.07) is 0. The van der Waals surface area contributed by atoms with Crippen LogP contribution in [0, 0.1) is 12.3 Å². The maximum atomic E-state index is 11.3. The summed E-state index contributed by atoms with van der Waals surface area (Å²) in [5, 5.41) is 9.29. The summed E-state index contributed by atoms with van der Waals surface area (Å²) in [5.41, 5.74) is 0.979. The number of nitrogens with zero attached hydrogens (tertiary/aromatic N) is 1. The number of hydrogen-bond acceptors (Lipinski definition) is 2. The lowest BCUT2D eigenvalue weighted by Gasteiger charge is -2.02. The molecule has 0 saturated heterocycles. The van der Waals surface area contributed by atoms with Gasteiger partial charge < -0.3 is 5.32 Å². The topological polar surface area (TPSA) is 57.8 Å². The molecule has 1 rings (SSSR count). The second-order valence-corrected chi connectivity index (χ2v) is 3.29. The van der Waals surface area contributed by atoms with Crippen LogP contribution in [-0.2, 0) is 11.3 Å². The molecule has 0 aliphatic carbocycles.